The summed E-state index contributed by atoms with van der Waals surface area (Å²) in [6.07, 6.45) is 3.78. The minimum Gasteiger partial charge on any atom is -0.316 e. The fourth-order valence-corrected chi connectivity index (χ4v) is 3.32. The van der Waals surface area contributed by atoms with Gasteiger partial charge in [-0.05, 0) is 69.2 Å². The van der Waals surface area contributed by atoms with E-state index < -0.39 is 0 Å². The lowest BCUT2D eigenvalue weighted by Gasteiger charge is -2.25. The molecule has 0 unspecified atom stereocenters. The van der Waals surface area contributed by atoms with E-state index >= 15 is 0 Å². The van der Waals surface area contributed by atoms with Crippen LogP contribution in [-0.2, 0) is 6.42 Å². The Bertz CT molecular complexity index is 377. The predicted octanol–water partition coefficient (Wildman–Crippen LogP) is 4.96. The molecule has 1 nitrogen and oxygen atoms in total. The van der Waals surface area contributed by atoms with Gasteiger partial charge < -0.3 is 5.32 Å². The third kappa shape index (κ3) is 6.58. The molecular formula is C17H31NS. The quantitative estimate of drug-likeness (QED) is 0.664. The second-order valence-corrected chi connectivity index (χ2v) is 8.41. The normalized spacial score (nSPS) is 12.4. The highest BCUT2D eigenvalue weighted by atomic mass is 32.1. The van der Waals surface area contributed by atoms with Crippen LogP contribution in [-0.4, -0.2) is 13.1 Å². The second-order valence-electron chi connectivity index (χ2n) is 6.95. The summed E-state index contributed by atoms with van der Waals surface area (Å²) in [7, 11) is 0. The first-order valence-electron chi connectivity index (χ1n) is 7.57. The van der Waals surface area contributed by atoms with Gasteiger partial charge in [0.1, 0.15) is 0 Å². The number of aryl methyl sites for hydroxylation is 3. The molecule has 0 amide bonds. The summed E-state index contributed by atoms with van der Waals surface area (Å²) < 4.78 is 0. The molecular weight excluding hydrogens is 250 g/mol. The minimum atomic E-state index is 0.437. The first-order valence-corrected chi connectivity index (χ1v) is 8.38. The van der Waals surface area contributed by atoms with Crippen molar-refractivity contribution in [2.45, 2.75) is 60.8 Å². The Labute approximate surface area is 123 Å². The lowest BCUT2D eigenvalue weighted by atomic mass is 9.83. The molecule has 0 atom stereocenters. The number of hydrogen-bond acceptors (Lipinski definition) is 2. The maximum atomic E-state index is 3.56. The molecule has 0 aliphatic carbocycles. The Morgan fingerprint density at radius 1 is 1.21 bits per heavy atom. The van der Waals surface area contributed by atoms with Crippen molar-refractivity contribution in [1.82, 2.24) is 5.32 Å². The van der Waals surface area contributed by atoms with E-state index in [4.69, 9.17) is 0 Å². The van der Waals surface area contributed by atoms with Crippen molar-refractivity contribution in [2.24, 2.45) is 11.3 Å². The Hall–Kier alpha value is -0.340. The third-order valence-electron chi connectivity index (χ3n) is 3.75. The molecule has 0 saturated heterocycles. The fourth-order valence-electron chi connectivity index (χ4n) is 2.35. The van der Waals surface area contributed by atoms with Crippen LogP contribution in [0.2, 0.25) is 0 Å². The number of nitrogens with one attached hydrogen (secondary N) is 1. The van der Waals surface area contributed by atoms with Crippen LogP contribution in [0.1, 0.15) is 55.9 Å². The zero-order chi connectivity index (χ0) is 14.5. The summed E-state index contributed by atoms with van der Waals surface area (Å²) in [6.45, 7) is 16.1. The number of thiophene rings is 1. The maximum absolute atomic E-state index is 3.56. The Balaban J connectivity index is 2.32. The van der Waals surface area contributed by atoms with Gasteiger partial charge in [-0.15, -0.1) is 11.3 Å². The van der Waals surface area contributed by atoms with Crippen LogP contribution in [0, 0.1) is 25.2 Å². The van der Waals surface area contributed by atoms with E-state index in [0.29, 0.717) is 5.41 Å². The average molecular weight is 282 g/mol. The van der Waals surface area contributed by atoms with E-state index in [9.17, 15) is 0 Å². The summed E-state index contributed by atoms with van der Waals surface area (Å²) in [6, 6.07) is 2.37. The summed E-state index contributed by atoms with van der Waals surface area (Å²) in [5.74, 6) is 0.750. The zero-order valence-electron chi connectivity index (χ0n) is 13.6. The van der Waals surface area contributed by atoms with E-state index in [2.05, 4.69) is 52.9 Å². The highest BCUT2D eigenvalue weighted by molar-refractivity contribution is 7.12. The largest absolute Gasteiger partial charge is 0.316 e. The number of hydrogen-bond donors (Lipinski definition) is 1. The maximum Gasteiger partial charge on any atom is 0.00490 e. The zero-order valence-corrected chi connectivity index (χ0v) is 14.4. The number of rotatable bonds is 8. The summed E-state index contributed by atoms with van der Waals surface area (Å²) in [4.78, 5) is 2.95. The summed E-state index contributed by atoms with van der Waals surface area (Å²) in [5, 5.41) is 3.56. The molecule has 0 aliphatic heterocycles. The third-order valence-corrected chi connectivity index (χ3v) is 4.75. The molecule has 1 heterocycles. The van der Waals surface area contributed by atoms with Crippen molar-refractivity contribution < 1.29 is 0 Å². The molecule has 2 heteroatoms. The van der Waals surface area contributed by atoms with Crippen LogP contribution >= 0.6 is 11.3 Å². The summed E-state index contributed by atoms with van der Waals surface area (Å²) >= 11 is 1.93. The van der Waals surface area contributed by atoms with Crippen LogP contribution in [0.5, 0.6) is 0 Å². The highest BCUT2D eigenvalue weighted by Gasteiger charge is 2.18. The molecule has 0 spiro atoms. The molecule has 1 rings (SSSR count). The molecule has 0 radical (unpaired) electrons. The smallest absolute Gasteiger partial charge is 0.00490 e. The fraction of sp³-hybridized carbons (Fsp3) is 0.765. The molecule has 0 saturated carbocycles. The van der Waals surface area contributed by atoms with E-state index in [1.165, 1.54) is 29.0 Å². The van der Waals surface area contributed by atoms with Crippen molar-refractivity contribution in [3.05, 3.63) is 21.4 Å². The van der Waals surface area contributed by atoms with E-state index in [-0.39, 0.29) is 0 Å². The molecule has 0 fully saturated rings. The predicted molar refractivity (Wildman–Crippen MR) is 88.2 cm³/mol. The lowest BCUT2D eigenvalue weighted by molar-refractivity contribution is 0.300. The first-order chi connectivity index (χ1) is 8.80. The molecule has 0 aromatic carbocycles. The van der Waals surface area contributed by atoms with Crippen molar-refractivity contribution in [3.63, 3.8) is 0 Å². The van der Waals surface area contributed by atoms with Gasteiger partial charge in [-0.3, -0.25) is 0 Å². The van der Waals surface area contributed by atoms with Crippen LogP contribution < -0.4 is 5.32 Å². The van der Waals surface area contributed by atoms with Gasteiger partial charge in [0, 0.05) is 9.75 Å². The first kappa shape index (κ1) is 16.7. The van der Waals surface area contributed by atoms with Crippen molar-refractivity contribution >= 4 is 11.3 Å². The van der Waals surface area contributed by atoms with E-state index in [1.54, 1.807) is 5.56 Å². The van der Waals surface area contributed by atoms with Crippen LogP contribution in [0.4, 0.5) is 0 Å². The van der Waals surface area contributed by atoms with E-state index in [1.807, 2.05) is 11.3 Å². The van der Waals surface area contributed by atoms with Crippen LogP contribution in [0.3, 0.4) is 0 Å². The standard InChI is InChI=1S/C17H31NS/c1-13(2)12-18-10-9-17(5,6)8-7-16-11-14(3)19-15(16)4/h11,13,18H,7-10,12H2,1-6H3. The van der Waals surface area contributed by atoms with Gasteiger partial charge in [0.2, 0.25) is 0 Å². The molecule has 0 aliphatic rings. The van der Waals surface area contributed by atoms with Gasteiger partial charge in [0.25, 0.3) is 0 Å². The van der Waals surface area contributed by atoms with Crippen molar-refractivity contribution in [3.8, 4) is 0 Å². The van der Waals surface area contributed by atoms with Gasteiger partial charge in [-0.25, -0.2) is 0 Å². The Morgan fingerprint density at radius 2 is 1.89 bits per heavy atom. The molecule has 1 aromatic rings. The topological polar surface area (TPSA) is 12.0 Å². The van der Waals surface area contributed by atoms with Gasteiger partial charge in [-0.2, -0.15) is 0 Å². The molecule has 0 bridgehead atoms. The molecule has 19 heavy (non-hydrogen) atoms. The van der Waals surface area contributed by atoms with Gasteiger partial charge >= 0.3 is 0 Å². The van der Waals surface area contributed by atoms with Gasteiger partial charge in [0.05, 0.1) is 0 Å². The average Bonchev–Trinajstić information content (AvgIpc) is 2.61. The highest BCUT2D eigenvalue weighted by Crippen LogP contribution is 2.29. The molecule has 1 aromatic heterocycles. The van der Waals surface area contributed by atoms with Crippen LogP contribution in [0.25, 0.3) is 0 Å². The monoisotopic (exact) mass is 281 g/mol. The minimum absolute atomic E-state index is 0.437. The molecule has 110 valence electrons. The van der Waals surface area contributed by atoms with E-state index in [0.717, 1.165) is 19.0 Å². The van der Waals surface area contributed by atoms with Gasteiger partial charge in [-0.1, -0.05) is 27.7 Å². The lowest BCUT2D eigenvalue weighted by Crippen LogP contribution is -2.25. The summed E-state index contributed by atoms with van der Waals surface area (Å²) in [5.41, 5.74) is 2.00. The second kappa shape index (κ2) is 7.44. The Morgan fingerprint density at radius 3 is 2.42 bits per heavy atom. The van der Waals surface area contributed by atoms with Crippen molar-refractivity contribution in [1.29, 1.82) is 0 Å². The van der Waals surface area contributed by atoms with Crippen LogP contribution in [0.15, 0.2) is 6.07 Å². The van der Waals surface area contributed by atoms with Gasteiger partial charge in [0.15, 0.2) is 0 Å². The SMILES string of the molecule is Cc1cc(CCC(C)(C)CCNCC(C)C)c(C)s1. The molecule has 1 N–H and O–H groups in total. The van der Waals surface area contributed by atoms with Crippen molar-refractivity contribution in [2.75, 3.05) is 13.1 Å². The Kier molecular flexibility index (Phi) is 6.55.